The summed E-state index contributed by atoms with van der Waals surface area (Å²) in [6.45, 7) is 0. The highest BCUT2D eigenvalue weighted by Crippen LogP contribution is 2.31. The van der Waals surface area contributed by atoms with Gasteiger partial charge in [0.1, 0.15) is 9.79 Å². The van der Waals surface area contributed by atoms with Gasteiger partial charge >= 0.3 is 0 Å². The lowest BCUT2D eigenvalue weighted by molar-refractivity contribution is 0.103. The maximum absolute atomic E-state index is 12.6. The molecule has 2 rings (SSSR count). The zero-order valence-corrected chi connectivity index (χ0v) is 13.5. The second kappa shape index (κ2) is 5.87. The number of rotatable bonds is 4. The van der Waals surface area contributed by atoms with Crippen LogP contribution < -0.4 is 11.5 Å². The number of anilines is 2. The summed E-state index contributed by atoms with van der Waals surface area (Å²) in [5.74, 6) is -1.08. The molecule has 0 atom stereocenters. The van der Waals surface area contributed by atoms with Gasteiger partial charge in [0.2, 0.25) is 0 Å². The molecule has 0 saturated carbocycles. The number of hydrogen-bond donors (Lipinski definition) is 4. The minimum Gasteiger partial charge on any atom is -0.397 e. The van der Waals surface area contributed by atoms with Crippen molar-refractivity contribution >= 4 is 37.4 Å². The lowest BCUT2D eigenvalue weighted by Gasteiger charge is -2.12. The molecule has 0 heterocycles. The van der Waals surface area contributed by atoms with E-state index in [0.29, 0.717) is 0 Å². The molecule has 0 aliphatic rings. The summed E-state index contributed by atoms with van der Waals surface area (Å²) >= 11 is 0. The van der Waals surface area contributed by atoms with Crippen LogP contribution in [0.3, 0.4) is 0 Å². The molecular weight excluding hydrogens is 360 g/mol. The maximum atomic E-state index is 12.6. The monoisotopic (exact) mass is 372 g/mol. The van der Waals surface area contributed by atoms with E-state index in [9.17, 15) is 30.7 Å². The van der Waals surface area contributed by atoms with E-state index in [1.807, 2.05) is 0 Å². The molecule has 0 bridgehead atoms. The second-order valence-electron chi connectivity index (χ2n) is 4.72. The molecule has 0 saturated heterocycles. The van der Waals surface area contributed by atoms with Crippen LogP contribution in [-0.4, -0.2) is 31.7 Å². The van der Waals surface area contributed by atoms with Gasteiger partial charge in [-0.3, -0.25) is 13.9 Å². The molecule has 11 heteroatoms. The minimum absolute atomic E-state index is 0.192. The van der Waals surface area contributed by atoms with E-state index in [-0.39, 0.29) is 5.69 Å². The van der Waals surface area contributed by atoms with E-state index in [2.05, 4.69) is 0 Å². The first-order valence-electron chi connectivity index (χ1n) is 6.21. The van der Waals surface area contributed by atoms with Crippen LogP contribution in [0.5, 0.6) is 0 Å². The average Bonchev–Trinajstić information content (AvgIpc) is 2.47. The number of carbonyl (C=O) groups excluding carboxylic acids is 1. The lowest BCUT2D eigenvalue weighted by Crippen LogP contribution is -2.16. The molecule has 0 aliphatic heterocycles. The van der Waals surface area contributed by atoms with Crippen LogP contribution in [0.1, 0.15) is 15.9 Å². The van der Waals surface area contributed by atoms with E-state index in [1.165, 1.54) is 12.1 Å². The SMILES string of the molecule is Nc1ccc(C(=O)c2ccccc2S(=O)(=O)O)c(S(=O)(=O)O)c1N. The van der Waals surface area contributed by atoms with Gasteiger partial charge in [0.05, 0.1) is 11.4 Å². The zero-order valence-electron chi connectivity index (χ0n) is 11.9. The van der Waals surface area contributed by atoms with Crippen molar-refractivity contribution in [3.05, 3.63) is 47.5 Å². The number of ketones is 1. The standard InChI is InChI=1S/C13H12N2O7S2/c14-9-6-5-8(13(11(9)15)24(20,21)22)12(16)7-3-1-2-4-10(7)23(17,18)19/h1-6H,14-15H2,(H,17,18,19)(H,20,21,22). The van der Waals surface area contributed by atoms with Crippen molar-refractivity contribution in [2.24, 2.45) is 0 Å². The molecule has 0 amide bonds. The topological polar surface area (TPSA) is 178 Å². The molecule has 24 heavy (non-hydrogen) atoms. The van der Waals surface area contributed by atoms with Gasteiger partial charge in [0.15, 0.2) is 5.78 Å². The Bertz CT molecular complexity index is 1040. The molecule has 9 nitrogen and oxygen atoms in total. The Morgan fingerprint density at radius 3 is 1.96 bits per heavy atom. The number of carbonyl (C=O) groups is 1. The number of hydrogen-bond acceptors (Lipinski definition) is 7. The van der Waals surface area contributed by atoms with Gasteiger partial charge < -0.3 is 11.5 Å². The zero-order chi connectivity index (χ0) is 18.3. The maximum Gasteiger partial charge on any atom is 0.297 e. The van der Waals surface area contributed by atoms with Crippen molar-refractivity contribution in [1.82, 2.24) is 0 Å². The van der Waals surface area contributed by atoms with E-state index in [0.717, 1.165) is 24.3 Å². The third-order valence-electron chi connectivity index (χ3n) is 3.14. The van der Waals surface area contributed by atoms with Gasteiger partial charge in [0.25, 0.3) is 20.2 Å². The Labute approximate surface area is 137 Å². The number of nitrogens with two attached hydrogens (primary N) is 2. The van der Waals surface area contributed by atoms with E-state index < -0.39 is 52.6 Å². The summed E-state index contributed by atoms with van der Waals surface area (Å²) in [5, 5.41) is 0. The lowest BCUT2D eigenvalue weighted by atomic mass is 10.0. The summed E-state index contributed by atoms with van der Waals surface area (Å²) in [6, 6.07) is 6.74. The van der Waals surface area contributed by atoms with Crippen LogP contribution in [0.2, 0.25) is 0 Å². The summed E-state index contributed by atoms with van der Waals surface area (Å²) in [4.78, 5) is 10.9. The van der Waals surface area contributed by atoms with Crippen LogP contribution in [-0.2, 0) is 20.2 Å². The molecule has 2 aromatic carbocycles. The summed E-state index contributed by atoms with van der Waals surface area (Å²) in [5.41, 5.74) is 9.19. The fraction of sp³-hybridized carbons (Fsp3) is 0. The highest BCUT2D eigenvalue weighted by molar-refractivity contribution is 7.86. The molecule has 2 aromatic rings. The second-order valence-corrected chi connectivity index (χ2v) is 7.47. The quantitative estimate of drug-likeness (QED) is 0.339. The van der Waals surface area contributed by atoms with Crippen molar-refractivity contribution in [3.63, 3.8) is 0 Å². The highest BCUT2D eigenvalue weighted by Gasteiger charge is 2.28. The molecule has 0 aliphatic carbocycles. The molecule has 128 valence electrons. The van der Waals surface area contributed by atoms with Crippen LogP contribution in [0.15, 0.2) is 46.2 Å². The predicted octanol–water partition coefficient (Wildman–Crippen LogP) is 0.575. The van der Waals surface area contributed by atoms with Crippen molar-refractivity contribution in [3.8, 4) is 0 Å². The summed E-state index contributed by atoms with van der Waals surface area (Å²) in [7, 11) is -9.67. The van der Waals surface area contributed by atoms with Crippen LogP contribution in [0.25, 0.3) is 0 Å². The third kappa shape index (κ3) is 3.23. The summed E-state index contributed by atoms with van der Waals surface area (Å²) < 4.78 is 64.4. The van der Waals surface area contributed by atoms with Gasteiger partial charge in [-0.1, -0.05) is 12.1 Å². The fourth-order valence-corrected chi connectivity index (χ4v) is 3.62. The molecule has 0 unspecified atom stereocenters. The first-order chi connectivity index (χ1) is 10.9. The normalized spacial score (nSPS) is 12.1. The first-order valence-corrected chi connectivity index (χ1v) is 9.09. The Morgan fingerprint density at radius 2 is 1.42 bits per heavy atom. The molecule has 0 radical (unpaired) electrons. The average molecular weight is 372 g/mol. The van der Waals surface area contributed by atoms with Crippen molar-refractivity contribution in [1.29, 1.82) is 0 Å². The van der Waals surface area contributed by atoms with Gasteiger partial charge in [0, 0.05) is 11.1 Å². The van der Waals surface area contributed by atoms with Gasteiger partial charge in [-0.2, -0.15) is 16.8 Å². The molecule has 0 spiro atoms. The fourth-order valence-electron chi connectivity index (χ4n) is 2.10. The summed E-state index contributed by atoms with van der Waals surface area (Å²) in [6.07, 6.45) is 0. The Kier molecular flexibility index (Phi) is 4.37. The van der Waals surface area contributed by atoms with Gasteiger partial charge in [-0.05, 0) is 24.3 Å². The molecule has 0 fully saturated rings. The molecular formula is C13H12N2O7S2. The van der Waals surface area contributed by atoms with E-state index >= 15 is 0 Å². The predicted molar refractivity (Wildman–Crippen MR) is 84.8 cm³/mol. The van der Waals surface area contributed by atoms with Crippen molar-refractivity contribution in [2.75, 3.05) is 11.5 Å². The Hall–Kier alpha value is -2.47. The molecule has 6 N–H and O–H groups in total. The molecule has 0 aromatic heterocycles. The van der Waals surface area contributed by atoms with E-state index in [1.54, 1.807) is 0 Å². The Balaban J connectivity index is 2.82. The number of nitrogen functional groups attached to an aromatic ring is 2. The van der Waals surface area contributed by atoms with Crippen LogP contribution >= 0.6 is 0 Å². The van der Waals surface area contributed by atoms with Gasteiger partial charge in [-0.25, -0.2) is 0 Å². The van der Waals surface area contributed by atoms with E-state index in [4.69, 9.17) is 11.5 Å². The third-order valence-corrected chi connectivity index (χ3v) is 5.01. The largest absolute Gasteiger partial charge is 0.397 e. The van der Waals surface area contributed by atoms with Crippen LogP contribution in [0.4, 0.5) is 11.4 Å². The van der Waals surface area contributed by atoms with Crippen molar-refractivity contribution in [2.45, 2.75) is 9.79 Å². The highest BCUT2D eigenvalue weighted by atomic mass is 32.2. The first kappa shape index (κ1) is 17.9. The number of benzene rings is 2. The minimum atomic E-state index is -4.93. The smallest absolute Gasteiger partial charge is 0.297 e. The van der Waals surface area contributed by atoms with Crippen LogP contribution in [0, 0.1) is 0 Å². The Morgan fingerprint density at radius 1 is 0.833 bits per heavy atom. The van der Waals surface area contributed by atoms with Crippen molar-refractivity contribution < 1.29 is 30.7 Å². The van der Waals surface area contributed by atoms with Gasteiger partial charge in [-0.15, -0.1) is 0 Å².